The van der Waals surface area contributed by atoms with Crippen LogP contribution < -0.4 is 5.73 Å². The fourth-order valence-corrected chi connectivity index (χ4v) is 2.38. The summed E-state index contributed by atoms with van der Waals surface area (Å²) >= 11 is 0. The maximum Gasteiger partial charge on any atom is 0.239 e. The van der Waals surface area contributed by atoms with E-state index >= 15 is 0 Å². The molecule has 0 bridgehead atoms. The minimum Gasteiger partial charge on any atom is -0.343 e. The first-order valence-corrected chi connectivity index (χ1v) is 5.82. The van der Waals surface area contributed by atoms with Crippen molar-refractivity contribution in [2.75, 3.05) is 26.7 Å². The Morgan fingerprint density at radius 1 is 1.53 bits per heavy atom. The largest absolute Gasteiger partial charge is 0.343 e. The van der Waals surface area contributed by atoms with Crippen molar-refractivity contribution in [1.82, 2.24) is 9.80 Å². The lowest BCUT2D eigenvalue weighted by atomic mass is 10.0. The highest BCUT2D eigenvalue weighted by atomic mass is 16.2. The van der Waals surface area contributed by atoms with Crippen LogP contribution in [0.5, 0.6) is 0 Å². The Morgan fingerprint density at radius 3 is 2.73 bits per heavy atom. The van der Waals surface area contributed by atoms with Crippen molar-refractivity contribution in [2.45, 2.75) is 38.8 Å². The Kier molecular flexibility index (Phi) is 4.54. The molecule has 2 N–H and O–H groups in total. The molecule has 0 spiro atoms. The Hall–Kier alpha value is -0.610. The van der Waals surface area contributed by atoms with Crippen LogP contribution in [0.15, 0.2) is 0 Å². The van der Waals surface area contributed by atoms with Crippen LogP contribution in [-0.4, -0.2) is 54.5 Å². The van der Waals surface area contributed by atoms with Gasteiger partial charge in [0.1, 0.15) is 0 Å². The van der Waals surface area contributed by atoms with Crippen LogP contribution in [0.25, 0.3) is 0 Å². The van der Waals surface area contributed by atoms with E-state index in [0.29, 0.717) is 12.6 Å². The Balaban J connectivity index is 2.75. The van der Waals surface area contributed by atoms with Crippen molar-refractivity contribution in [1.29, 1.82) is 0 Å². The zero-order valence-electron chi connectivity index (χ0n) is 10.1. The quantitative estimate of drug-likeness (QED) is 0.729. The summed E-state index contributed by atoms with van der Waals surface area (Å²) in [6, 6.07) is 0.452. The molecule has 0 aromatic rings. The Morgan fingerprint density at radius 2 is 2.20 bits per heavy atom. The predicted molar refractivity (Wildman–Crippen MR) is 61.6 cm³/mol. The van der Waals surface area contributed by atoms with Crippen LogP contribution in [0.2, 0.25) is 0 Å². The van der Waals surface area contributed by atoms with E-state index in [2.05, 4.69) is 18.7 Å². The molecule has 0 saturated carbocycles. The van der Waals surface area contributed by atoms with Crippen molar-refractivity contribution >= 4 is 5.91 Å². The average Bonchev–Trinajstić information content (AvgIpc) is 2.20. The highest BCUT2D eigenvalue weighted by Crippen LogP contribution is 2.18. The predicted octanol–water partition coefficient (Wildman–Crippen LogP) is 0.276. The van der Waals surface area contributed by atoms with Crippen molar-refractivity contribution in [3.8, 4) is 0 Å². The summed E-state index contributed by atoms with van der Waals surface area (Å²) < 4.78 is 0. The van der Waals surface area contributed by atoms with Crippen LogP contribution >= 0.6 is 0 Å². The maximum absolute atomic E-state index is 12.0. The third kappa shape index (κ3) is 2.69. The van der Waals surface area contributed by atoms with Gasteiger partial charge in [0.2, 0.25) is 5.91 Å². The topological polar surface area (TPSA) is 49.6 Å². The van der Waals surface area contributed by atoms with E-state index in [1.165, 1.54) is 0 Å². The van der Waals surface area contributed by atoms with E-state index in [-0.39, 0.29) is 11.9 Å². The van der Waals surface area contributed by atoms with E-state index < -0.39 is 0 Å². The highest BCUT2D eigenvalue weighted by molar-refractivity contribution is 5.82. The first kappa shape index (κ1) is 12.5. The number of hydrogen-bond donors (Lipinski definition) is 1. The van der Waals surface area contributed by atoms with E-state index in [0.717, 1.165) is 25.9 Å². The number of carbonyl (C=O) groups is 1. The molecule has 1 heterocycles. The maximum atomic E-state index is 12.0. The second-order valence-corrected chi connectivity index (χ2v) is 4.40. The number of nitrogens with two attached hydrogens (primary N) is 1. The van der Waals surface area contributed by atoms with Gasteiger partial charge in [0, 0.05) is 19.6 Å². The molecule has 1 saturated heterocycles. The molecule has 2 unspecified atom stereocenters. The molecule has 1 aliphatic rings. The van der Waals surface area contributed by atoms with Gasteiger partial charge in [-0.2, -0.15) is 0 Å². The van der Waals surface area contributed by atoms with Gasteiger partial charge in [-0.15, -0.1) is 0 Å². The second-order valence-electron chi connectivity index (χ2n) is 4.40. The first-order chi connectivity index (χ1) is 7.11. The first-order valence-electron chi connectivity index (χ1n) is 5.82. The van der Waals surface area contributed by atoms with E-state index in [1.807, 2.05) is 11.9 Å². The van der Waals surface area contributed by atoms with Gasteiger partial charge in [-0.3, -0.25) is 9.69 Å². The number of nitrogens with zero attached hydrogens (tertiary/aromatic N) is 2. The van der Waals surface area contributed by atoms with Crippen LogP contribution in [0, 0.1) is 0 Å². The van der Waals surface area contributed by atoms with Crippen molar-refractivity contribution in [3.63, 3.8) is 0 Å². The second kappa shape index (κ2) is 5.47. The third-order valence-corrected chi connectivity index (χ3v) is 3.09. The molecule has 0 aromatic heterocycles. The van der Waals surface area contributed by atoms with Gasteiger partial charge in [0.05, 0.1) is 6.04 Å². The molecule has 4 heteroatoms. The molecular weight excluding hydrogens is 190 g/mol. The summed E-state index contributed by atoms with van der Waals surface area (Å²) in [5, 5.41) is 0. The summed E-state index contributed by atoms with van der Waals surface area (Å²) in [5.41, 5.74) is 5.57. The lowest BCUT2D eigenvalue weighted by molar-refractivity contribution is -0.143. The van der Waals surface area contributed by atoms with Gasteiger partial charge in [-0.05, 0) is 32.9 Å². The van der Waals surface area contributed by atoms with Gasteiger partial charge in [-0.25, -0.2) is 0 Å². The molecule has 4 nitrogen and oxygen atoms in total. The Bertz CT molecular complexity index is 220. The molecule has 0 radical (unpaired) electrons. The van der Waals surface area contributed by atoms with E-state index in [1.54, 1.807) is 0 Å². The molecule has 1 rings (SSSR count). The van der Waals surface area contributed by atoms with Crippen LogP contribution in [0.4, 0.5) is 0 Å². The summed E-state index contributed by atoms with van der Waals surface area (Å²) in [5.74, 6) is 0.229. The lowest BCUT2D eigenvalue weighted by Gasteiger charge is -2.43. The molecule has 0 aromatic carbocycles. The van der Waals surface area contributed by atoms with Crippen molar-refractivity contribution < 1.29 is 4.79 Å². The zero-order chi connectivity index (χ0) is 11.4. The molecule has 88 valence electrons. The SMILES string of the molecule is CCCN1C(C)CN(C)C(=O)C1CCN. The number of likely N-dealkylation sites (N-methyl/N-ethyl adjacent to an activating group) is 1. The molecule has 15 heavy (non-hydrogen) atoms. The fraction of sp³-hybridized carbons (Fsp3) is 0.909. The minimum absolute atomic E-state index is 0.00343. The fourth-order valence-electron chi connectivity index (χ4n) is 2.38. The number of piperazine rings is 1. The summed E-state index contributed by atoms with van der Waals surface area (Å²) in [4.78, 5) is 16.1. The van der Waals surface area contributed by atoms with E-state index in [9.17, 15) is 4.79 Å². The number of hydrogen-bond acceptors (Lipinski definition) is 3. The summed E-state index contributed by atoms with van der Waals surface area (Å²) in [7, 11) is 1.88. The Labute approximate surface area is 92.4 Å². The van der Waals surface area contributed by atoms with Gasteiger partial charge in [-0.1, -0.05) is 6.92 Å². The number of rotatable bonds is 4. The van der Waals surface area contributed by atoms with Gasteiger partial charge < -0.3 is 10.6 Å². The normalized spacial score (nSPS) is 28.5. The highest BCUT2D eigenvalue weighted by Gasteiger charge is 2.35. The van der Waals surface area contributed by atoms with Crippen LogP contribution in [0.1, 0.15) is 26.7 Å². The smallest absolute Gasteiger partial charge is 0.239 e. The van der Waals surface area contributed by atoms with Crippen LogP contribution in [0.3, 0.4) is 0 Å². The molecule has 0 aliphatic carbocycles. The van der Waals surface area contributed by atoms with Gasteiger partial charge >= 0.3 is 0 Å². The van der Waals surface area contributed by atoms with Gasteiger partial charge in [0.25, 0.3) is 0 Å². The zero-order valence-corrected chi connectivity index (χ0v) is 10.1. The molecule has 1 amide bonds. The van der Waals surface area contributed by atoms with Crippen LogP contribution in [-0.2, 0) is 4.79 Å². The number of carbonyl (C=O) groups excluding carboxylic acids is 1. The summed E-state index contributed by atoms with van der Waals surface area (Å²) in [6.07, 6.45) is 1.86. The average molecular weight is 213 g/mol. The minimum atomic E-state index is 0.00343. The molecule has 2 atom stereocenters. The summed E-state index contributed by atoms with van der Waals surface area (Å²) in [6.45, 7) is 6.74. The van der Waals surface area contributed by atoms with E-state index in [4.69, 9.17) is 5.73 Å². The monoisotopic (exact) mass is 213 g/mol. The lowest BCUT2D eigenvalue weighted by Crippen LogP contribution is -2.60. The van der Waals surface area contributed by atoms with Crippen molar-refractivity contribution in [3.05, 3.63) is 0 Å². The number of amides is 1. The van der Waals surface area contributed by atoms with Crippen molar-refractivity contribution in [2.24, 2.45) is 5.73 Å². The molecular formula is C11H23N3O. The molecule has 1 fully saturated rings. The standard InChI is InChI=1S/C11H23N3O/c1-4-7-14-9(2)8-13(3)11(15)10(14)5-6-12/h9-10H,4-8,12H2,1-3H3. The third-order valence-electron chi connectivity index (χ3n) is 3.09. The molecule has 1 aliphatic heterocycles. The van der Waals surface area contributed by atoms with Gasteiger partial charge in [0.15, 0.2) is 0 Å².